The number of carboxylic acid groups (broad SMARTS) is 1. The molecule has 0 radical (unpaired) electrons. The number of fused-ring (bicyclic) bond motifs is 3. The predicted molar refractivity (Wildman–Crippen MR) is 130 cm³/mol. The summed E-state index contributed by atoms with van der Waals surface area (Å²) in [6, 6.07) is 15.6. The van der Waals surface area contributed by atoms with Crippen LogP contribution in [-0.4, -0.2) is 65.9 Å². The highest BCUT2D eigenvalue weighted by Crippen LogP contribution is 2.44. The molecule has 186 valence electrons. The lowest BCUT2D eigenvalue weighted by atomic mass is 9.95. The molecule has 1 aliphatic carbocycles. The van der Waals surface area contributed by atoms with E-state index in [0.717, 1.165) is 22.3 Å². The van der Waals surface area contributed by atoms with Gasteiger partial charge in [0.05, 0.1) is 12.0 Å². The van der Waals surface area contributed by atoms with Crippen LogP contribution in [0.3, 0.4) is 0 Å². The molecule has 4 atom stereocenters. The Balaban J connectivity index is 1.38. The monoisotopic (exact) mass is 480 g/mol. The Morgan fingerprint density at radius 2 is 1.66 bits per heavy atom. The number of nitrogens with one attached hydrogen (secondary N) is 1. The molecular weight excluding hydrogens is 448 g/mol. The van der Waals surface area contributed by atoms with Crippen LogP contribution in [-0.2, 0) is 19.1 Å². The molecule has 1 saturated heterocycles. The molecule has 8 heteroatoms. The molecule has 35 heavy (non-hydrogen) atoms. The van der Waals surface area contributed by atoms with Gasteiger partial charge in [0.25, 0.3) is 0 Å². The maximum absolute atomic E-state index is 13.2. The lowest BCUT2D eigenvalue weighted by molar-refractivity contribution is -0.157. The van der Waals surface area contributed by atoms with Crippen LogP contribution in [0, 0.1) is 5.92 Å². The zero-order chi connectivity index (χ0) is 25.3. The van der Waals surface area contributed by atoms with Gasteiger partial charge in [-0.2, -0.15) is 0 Å². The zero-order valence-corrected chi connectivity index (χ0v) is 20.5. The molecule has 1 aliphatic heterocycles. The Bertz CT molecular complexity index is 1090. The van der Waals surface area contributed by atoms with E-state index < -0.39 is 29.6 Å². The first-order valence-corrected chi connectivity index (χ1v) is 11.9. The number of nitrogens with zero attached hydrogens (tertiary/aromatic N) is 1. The van der Waals surface area contributed by atoms with Gasteiger partial charge in [-0.05, 0) is 36.1 Å². The van der Waals surface area contributed by atoms with Gasteiger partial charge in [-0.1, -0.05) is 55.5 Å². The quantitative estimate of drug-likeness (QED) is 0.627. The van der Waals surface area contributed by atoms with Crippen LogP contribution in [0.25, 0.3) is 11.1 Å². The summed E-state index contributed by atoms with van der Waals surface area (Å²) in [5.41, 5.74) is 3.17. The fourth-order valence-corrected chi connectivity index (χ4v) is 5.13. The fraction of sp³-hybridized carbons (Fsp3) is 0.444. The first kappa shape index (κ1) is 24.7. The highest BCUT2D eigenvalue weighted by molar-refractivity contribution is 5.89. The normalized spacial score (nSPS) is 22.7. The van der Waals surface area contributed by atoms with Gasteiger partial charge in [0.1, 0.15) is 12.1 Å². The van der Waals surface area contributed by atoms with Gasteiger partial charge in [-0.15, -0.1) is 0 Å². The Morgan fingerprint density at radius 3 is 2.20 bits per heavy atom. The van der Waals surface area contributed by atoms with Crippen molar-refractivity contribution in [2.45, 2.75) is 50.8 Å². The number of carbonyl (C=O) groups excluding carboxylic acids is 2. The van der Waals surface area contributed by atoms with Crippen molar-refractivity contribution >= 4 is 18.0 Å². The molecule has 2 aromatic rings. The Labute approximate surface area is 205 Å². The van der Waals surface area contributed by atoms with Gasteiger partial charge >= 0.3 is 12.1 Å². The van der Waals surface area contributed by atoms with Crippen molar-refractivity contribution in [2.24, 2.45) is 5.92 Å². The number of ether oxygens (including phenoxy) is 2. The van der Waals surface area contributed by atoms with E-state index >= 15 is 0 Å². The number of aliphatic carboxylic acids is 1. The molecule has 1 fully saturated rings. The van der Waals surface area contributed by atoms with Gasteiger partial charge in [0.2, 0.25) is 5.91 Å². The Morgan fingerprint density at radius 1 is 1.09 bits per heavy atom. The summed E-state index contributed by atoms with van der Waals surface area (Å²) in [4.78, 5) is 39.1. The number of hydrogen-bond donors (Lipinski definition) is 2. The molecule has 2 N–H and O–H groups in total. The SMILES string of the molecule is COC1CN(C(=O)C(C)C(C)NC(=O)OCC2c3ccccc3-c3ccccc32)C(C)(C(=O)O)C1. The second-order valence-corrected chi connectivity index (χ2v) is 9.64. The first-order chi connectivity index (χ1) is 16.7. The average molecular weight is 481 g/mol. The minimum atomic E-state index is -1.35. The van der Waals surface area contributed by atoms with Gasteiger partial charge in [-0.3, -0.25) is 4.79 Å². The lowest BCUT2D eigenvalue weighted by Gasteiger charge is -2.34. The largest absolute Gasteiger partial charge is 0.480 e. The number of amides is 2. The van der Waals surface area contributed by atoms with Crippen molar-refractivity contribution in [1.82, 2.24) is 10.2 Å². The van der Waals surface area contributed by atoms with Gasteiger partial charge in [-0.25, -0.2) is 9.59 Å². The molecule has 2 amide bonds. The first-order valence-electron chi connectivity index (χ1n) is 11.9. The second kappa shape index (κ2) is 9.70. The molecule has 0 aromatic heterocycles. The Hall–Kier alpha value is -3.39. The molecule has 8 nitrogen and oxygen atoms in total. The van der Waals surface area contributed by atoms with Crippen LogP contribution in [0.1, 0.15) is 44.2 Å². The van der Waals surface area contributed by atoms with E-state index in [0.29, 0.717) is 0 Å². The summed E-state index contributed by atoms with van der Waals surface area (Å²) >= 11 is 0. The third-order valence-electron chi connectivity index (χ3n) is 7.50. The van der Waals surface area contributed by atoms with Crippen LogP contribution >= 0.6 is 0 Å². The summed E-state index contributed by atoms with van der Waals surface area (Å²) in [5, 5.41) is 12.5. The van der Waals surface area contributed by atoms with E-state index in [2.05, 4.69) is 17.4 Å². The van der Waals surface area contributed by atoms with Crippen molar-refractivity contribution in [1.29, 1.82) is 0 Å². The molecule has 0 bridgehead atoms. The lowest BCUT2D eigenvalue weighted by Crippen LogP contribution is -2.54. The highest BCUT2D eigenvalue weighted by atomic mass is 16.5. The number of alkyl carbamates (subject to hydrolysis) is 1. The molecule has 4 rings (SSSR count). The predicted octanol–water partition coefficient (Wildman–Crippen LogP) is 3.64. The topological polar surface area (TPSA) is 105 Å². The molecule has 4 unspecified atom stereocenters. The fourth-order valence-electron chi connectivity index (χ4n) is 5.13. The number of likely N-dealkylation sites (tertiary alicyclic amines) is 1. The van der Waals surface area contributed by atoms with E-state index in [1.165, 1.54) is 18.9 Å². The van der Waals surface area contributed by atoms with Crippen molar-refractivity contribution in [2.75, 3.05) is 20.3 Å². The van der Waals surface area contributed by atoms with E-state index in [9.17, 15) is 19.5 Å². The highest BCUT2D eigenvalue weighted by Gasteiger charge is 2.51. The van der Waals surface area contributed by atoms with Gasteiger partial charge in [0.15, 0.2) is 0 Å². The minimum absolute atomic E-state index is 0.0608. The van der Waals surface area contributed by atoms with E-state index in [-0.39, 0.29) is 37.5 Å². The van der Waals surface area contributed by atoms with Crippen molar-refractivity contribution in [3.05, 3.63) is 59.7 Å². The molecular formula is C27H32N2O6. The van der Waals surface area contributed by atoms with E-state index in [1.54, 1.807) is 13.8 Å². The van der Waals surface area contributed by atoms with Crippen molar-refractivity contribution in [3.8, 4) is 11.1 Å². The van der Waals surface area contributed by atoms with Crippen LogP contribution < -0.4 is 5.32 Å². The minimum Gasteiger partial charge on any atom is -0.480 e. The Kier molecular flexibility index (Phi) is 6.85. The smallest absolute Gasteiger partial charge is 0.407 e. The van der Waals surface area contributed by atoms with Crippen molar-refractivity contribution in [3.63, 3.8) is 0 Å². The van der Waals surface area contributed by atoms with E-state index in [4.69, 9.17) is 9.47 Å². The summed E-state index contributed by atoms with van der Waals surface area (Å²) in [6.07, 6.45) is -0.750. The van der Waals surface area contributed by atoms with Crippen LogP contribution in [0.5, 0.6) is 0 Å². The number of carboxylic acids is 1. The average Bonchev–Trinajstić information content (AvgIpc) is 3.37. The maximum Gasteiger partial charge on any atom is 0.407 e. The van der Waals surface area contributed by atoms with Crippen LogP contribution in [0.15, 0.2) is 48.5 Å². The summed E-state index contributed by atoms with van der Waals surface area (Å²) in [5.74, 6) is -2.13. The van der Waals surface area contributed by atoms with Gasteiger partial charge in [0, 0.05) is 32.0 Å². The third-order valence-corrected chi connectivity index (χ3v) is 7.50. The summed E-state index contributed by atoms with van der Waals surface area (Å²) < 4.78 is 10.9. The number of methoxy groups -OCH3 is 1. The number of benzene rings is 2. The molecule has 0 saturated carbocycles. The number of carbonyl (C=O) groups is 3. The third kappa shape index (κ3) is 4.50. The van der Waals surface area contributed by atoms with Gasteiger partial charge < -0.3 is 24.8 Å². The zero-order valence-electron chi connectivity index (χ0n) is 20.5. The molecule has 0 spiro atoms. The molecule has 1 heterocycles. The molecule has 2 aromatic carbocycles. The standard InChI is InChI=1S/C27H32N2O6/c1-16(24(30)29-14-18(34-4)13-27(29,3)25(31)32)17(2)28-26(33)35-15-23-21-11-7-5-9-19(21)20-10-6-8-12-22(20)23/h5-12,16-18,23H,13-15H2,1-4H3,(H,28,33)(H,31,32). The van der Waals surface area contributed by atoms with Crippen LogP contribution in [0.4, 0.5) is 4.79 Å². The maximum atomic E-state index is 13.2. The molecule has 2 aliphatic rings. The summed E-state index contributed by atoms with van der Waals surface area (Å²) in [7, 11) is 1.51. The second-order valence-electron chi connectivity index (χ2n) is 9.64. The van der Waals surface area contributed by atoms with Crippen molar-refractivity contribution < 1.29 is 29.0 Å². The number of rotatable bonds is 7. The van der Waals surface area contributed by atoms with E-state index in [1.807, 2.05) is 36.4 Å². The van der Waals surface area contributed by atoms with Crippen LogP contribution in [0.2, 0.25) is 0 Å². The number of hydrogen-bond acceptors (Lipinski definition) is 5. The summed E-state index contributed by atoms with van der Waals surface area (Å²) in [6.45, 7) is 5.29.